The van der Waals surface area contributed by atoms with E-state index in [2.05, 4.69) is 9.56 Å². The molecule has 1 aliphatic rings. The predicted molar refractivity (Wildman–Crippen MR) is 127 cm³/mol. The van der Waals surface area contributed by atoms with Gasteiger partial charge in [-0.05, 0) is 50.3 Å². The van der Waals surface area contributed by atoms with Crippen LogP contribution in [-0.4, -0.2) is 47.8 Å². The first kappa shape index (κ1) is 22.3. The molecule has 0 saturated carbocycles. The molecule has 31 heavy (non-hydrogen) atoms. The lowest BCUT2D eigenvalue weighted by atomic mass is 10.2. The zero-order valence-electron chi connectivity index (χ0n) is 17.5. The predicted octanol–water partition coefficient (Wildman–Crippen LogP) is 3.65. The van der Waals surface area contributed by atoms with Gasteiger partial charge in [0.05, 0.1) is 15.1 Å². The molecule has 0 bridgehead atoms. The smallest absolute Gasteiger partial charge is 0.266 e. The Balaban J connectivity index is 1.69. The number of aromatic nitrogens is 1. The van der Waals surface area contributed by atoms with Gasteiger partial charge in [-0.2, -0.15) is 21.1 Å². The first-order chi connectivity index (χ1) is 14.9. The van der Waals surface area contributed by atoms with E-state index in [9.17, 15) is 13.2 Å². The largest absolute Gasteiger partial charge is 0.316 e. The number of thioether (sulfide) groups is 1. The number of benzene rings is 2. The summed E-state index contributed by atoms with van der Waals surface area (Å²) in [5.74, 6) is 0.511. The second-order valence-corrected chi connectivity index (χ2v) is 11.4. The van der Waals surface area contributed by atoms with Crippen molar-refractivity contribution in [2.24, 2.45) is 4.99 Å². The molecule has 1 aliphatic heterocycles. The van der Waals surface area contributed by atoms with Crippen molar-refractivity contribution in [3.8, 4) is 0 Å². The summed E-state index contributed by atoms with van der Waals surface area (Å²) in [7, 11) is -3.75. The molecular weight excluding hydrogens is 450 g/mol. The fraction of sp³-hybridized carbons (Fsp3) is 0.364. The molecule has 0 radical (unpaired) electrons. The number of aryl methyl sites for hydroxylation is 2. The van der Waals surface area contributed by atoms with E-state index in [1.54, 1.807) is 36.0 Å². The van der Waals surface area contributed by atoms with Crippen molar-refractivity contribution < 1.29 is 13.2 Å². The zero-order valence-corrected chi connectivity index (χ0v) is 20.0. The van der Waals surface area contributed by atoms with E-state index < -0.39 is 22.0 Å². The lowest BCUT2D eigenvalue weighted by molar-refractivity contribution is -0.121. The molecule has 1 aromatic heterocycles. The van der Waals surface area contributed by atoms with Crippen molar-refractivity contribution in [3.05, 3.63) is 58.9 Å². The molecule has 1 amide bonds. The molecule has 0 N–H and O–H groups in total. The van der Waals surface area contributed by atoms with Crippen molar-refractivity contribution in [3.63, 3.8) is 0 Å². The van der Waals surface area contributed by atoms with Gasteiger partial charge in [-0.3, -0.25) is 4.79 Å². The summed E-state index contributed by atoms with van der Waals surface area (Å²) in [5, 5.41) is 0. The highest BCUT2D eigenvalue weighted by Crippen LogP contribution is 2.27. The highest BCUT2D eigenvalue weighted by molar-refractivity contribution is 7.98. The maximum Gasteiger partial charge on any atom is 0.266 e. The van der Waals surface area contributed by atoms with E-state index in [0.717, 1.165) is 28.1 Å². The Morgan fingerprint density at radius 2 is 1.94 bits per heavy atom. The quantitative estimate of drug-likeness (QED) is 0.546. The van der Waals surface area contributed by atoms with E-state index in [4.69, 9.17) is 0 Å². The Kier molecular flexibility index (Phi) is 6.66. The van der Waals surface area contributed by atoms with Crippen LogP contribution in [0.5, 0.6) is 0 Å². The second-order valence-electron chi connectivity index (χ2n) is 7.53. The fourth-order valence-corrected chi connectivity index (χ4v) is 6.87. The molecule has 1 saturated heterocycles. The highest BCUT2D eigenvalue weighted by atomic mass is 32.2. The number of carbonyl (C=O) groups is 1. The number of fused-ring (bicyclic) bond motifs is 1. The second kappa shape index (κ2) is 9.28. The summed E-state index contributed by atoms with van der Waals surface area (Å²) in [6, 6.07) is 14.0. The highest BCUT2D eigenvalue weighted by Gasteiger charge is 2.39. The molecule has 2 heterocycles. The topological polar surface area (TPSA) is 71.7 Å². The molecule has 6 nitrogen and oxygen atoms in total. The average Bonchev–Trinajstić information content (AvgIpc) is 3.38. The van der Waals surface area contributed by atoms with Crippen LogP contribution in [0.4, 0.5) is 0 Å². The lowest BCUT2D eigenvalue weighted by Crippen LogP contribution is -2.40. The molecule has 1 unspecified atom stereocenters. The van der Waals surface area contributed by atoms with Crippen molar-refractivity contribution in [1.29, 1.82) is 0 Å². The normalized spacial score (nSPS) is 18.1. The van der Waals surface area contributed by atoms with Crippen LogP contribution in [0.15, 0.2) is 58.4 Å². The van der Waals surface area contributed by atoms with E-state index in [-0.39, 0.29) is 4.90 Å². The Morgan fingerprint density at radius 3 is 2.68 bits per heavy atom. The summed E-state index contributed by atoms with van der Waals surface area (Å²) in [4.78, 5) is 18.4. The number of carbonyl (C=O) groups excluding carboxylic acids is 1. The molecule has 164 valence electrons. The van der Waals surface area contributed by atoms with E-state index in [0.29, 0.717) is 24.2 Å². The van der Waals surface area contributed by atoms with Crippen LogP contribution in [0.3, 0.4) is 0 Å². The SMILES string of the molecule is CSCCn1c(=NC(=O)C2CCCN2S(=O)(=O)c2ccc(C)cc2)sc2ccccc21. The average molecular weight is 476 g/mol. The number of para-hydroxylation sites is 1. The number of nitrogens with zero attached hydrogens (tertiary/aromatic N) is 3. The maximum absolute atomic E-state index is 13.2. The van der Waals surface area contributed by atoms with Crippen LogP contribution in [0, 0.1) is 6.92 Å². The first-order valence-corrected chi connectivity index (χ1v) is 13.8. The van der Waals surface area contributed by atoms with Gasteiger partial charge in [-0.25, -0.2) is 8.42 Å². The molecular formula is C22H25N3O3S3. The molecule has 9 heteroatoms. The number of rotatable bonds is 6. The third-order valence-corrected chi connectivity index (χ3v) is 9.00. The van der Waals surface area contributed by atoms with Gasteiger partial charge in [0.1, 0.15) is 6.04 Å². The molecule has 3 aromatic rings. The van der Waals surface area contributed by atoms with Gasteiger partial charge >= 0.3 is 0 Å². The summed E-state index contributed by atoms with van der Waals surface area (Å²) in [6.07, 6.45) is 3.18. The van der Waals surface area contributed by atoms with Crippen LogP contribution in [0.25, 0.3) is 10.2 Å². The van der Waals surface area contributed by atoms with Gasteiger partial charge in [0, 0.05) is 18.8 Å². The van der Waals surface area contributed by atoms with Gasteiger partial charge in [0.2, 0.25) is 10.0 Å². The number of hydrogen-bond donors (Lipinski definition) is 0. The number of hydrogen-bond acceptors (Lipinski definition) is 5. The van der Waals surface area contributed by atoms with Gasteiger partial charge in [-0.1, -0.05) is 41.2 Å². The summed E-state index contributed by atoms with van der Waals surface area (Å²) >= 11 is 3.20. The van der Waals surface area contributed by atoms with Gasteiger partial charge in [0.15, 0.2) is 4.80 Å². The van der Waals surface area contributed by atoms with Gasteiger partial charge in [-0.15, -0.1) is 0 Å². The van der Waals surface area contributed by atoms with Gasteiger partial charge < -0.3 is 4.57 Å². The Labute approximate surface area is 190 Å². The third kappa shape index (κ3) is 4.50. The molecule has 1 atom stereocenters. The van der Waals surface area contributed by atoms with Crippen LogP contribution in [0.1, 0.15) is 18.4 Å². The van der Waals surface area contributed by atoms with E-state index >= 15 is 0 Å². The minimum absolute atomic E-state index is 0.217. The van der Waals surface area contributed by atoms with Crippen LogP contribution in [0.2, 0.25) is 0 Å². The summed E-state index contributed by atoms with van der Waals surface area (Å²) < 4.78 is 30.8. The minimum atomic E-state index is -3.75. The first-order valence-electron chi connectivity index (χ1n) is 10.2. The monoisotopic (exact) mass is 475 g/mol. The number of thiazole rings is 1. The van der Waals surface area contributed by atoms with Crippen molar-refractivity contribution in [2.75, 3.05) is 18.6 Å². The van der Waals surface area contributed by atoms with E-state index in [1.165, 1.54) is 15.6 Å². The van der Waals surface area contributed by atoms with Crippen molar-refractivity contribution >= 4 is 49.2 Å². The van der Waals surface area contributed by atoms with Crippen molar-refractivity contribution in [1.82, 2.24) is 8.87 Å². The Bertz CT molecular complexity index is 1260. The Morgan fingerprint density at radius 1 is 1.19 bits per heavy atom. The zero-order chi connectivity index (χ0) is 22.0. The van der Waals surface area contributed by atoms with Crippen LogP contribution in [-0.2, 0) is 21.4 Å². The standard InChI is InChI=1S/C22H25N3O3S3/c1-16-9-11-17(12-10-16)31(27,28)25-13-5-7-19(25)21(26)23-22-24(14-15-29-2)18-6-3-4-8-20(18)30-22/h3-4,6,8-12,19H,5,7,13-15H2,1-2H3. The van der Waals surface area contributed by atoms with E-state index in [1.807, 2.05) is 37.4 Å². The number of sulfonamides is 1. The van der Waals surface area contributed by atoms with Crippen LogP contribution < -0.4 is 4.80 Å². The molecule has 0 aliphatic carbocycles. The number of amides is 1. The van der Waals surface area contributed by atoms with Crippen molar-refractivity contribution in [2.45, 2.75) is 37.2 Å². The third-order valence-electron chi connectivity index (χ3n) is 5.43. The lowest BCUT2D eigenvalue weighted by Gasteiger charge is -2.21. The molecule has 1 fully saturated rings. The van der Waals surface area contributed by atoms with Gasteiger partial charge in [0.25, 0.3) is 5.91 Å². The summed E-state index contributed by atoms with van der Waals surface area (Å²) in [5.41, 5.74) is 2.03. The molecule has 0 spiro atoms. The molecule has 2 aromatic carbocycles. The minimum Gasteiger partial charge on any atom is -0.316 e. The fourth-order valence-electron chi connectivity index (χ4n) is 3.79. The molecule has 4 rings (SSSR count). The summed E-state index contributed by atoms with van der Waals surface area (Å²) in [6.45, 7) is 2.99. The Hall–Kier alpha value is -1.94. The maximum atomic E-state index is 13.2. The van der Waals surface area contributed by atoms with Crippen LogP contribution >= 0.6 is 23.1 Å².